The molecule has 2 aliphatic rings. The van der Waals surface area contributed by atoms with Crippen LogP contribution in [-0.2, 0) is 19.6 Å². The van der Waals surface area contributed by atoms with E-state index in [4.69, 9.17) is 9.47 Å². The molecule has 2 amide bonds. The van der Waals surface area contributed by atoms with Crippen molar-refractivity contribution < 1.29 is 27.5 Å². The zero-order chi connectivity index (χ0) is 23.8. The molecule has 1 N–H and O–H groups in total. The Balaban J connectivity index is 1.71. The largest absolute Gasteiger partial charge is 0.495 e. The minimum atomic E-state index is -3.99. The number of anilines is 1. The number of sulfonamides is 1. The van der Waals surface area contributed by atoms with Gasteiger partial charge in [0.05, 0.1) is 23.7 Å². The molecular formula is C24H28N2O6S. The Morgan fingerprint density at radius 3 is 2.39 bits per heavy atom. The second-order valence-electron chi connectivity index (χ2n) is 8.36. The van der Waals surface area contributed by atoms with Crippen LogP contribution in [0.4, 0.5) is 5.69 Å². The lowest BCUT2D eigenvalue weighted by Crippen LogP contribution is -2.44. The van der Waals surface area contributed by atoms with Gasteiger partial charge in [-0.05, 0) is 37.1 Å². The van der Waals surface area contributed by atoms with Crippen LogP contribution in [-0.4, -0.2) is 32.9 Å². The van der Waals surface area contributed by atoms with Crippen LogP contribution in [0.2, 0.25) is 0 Å². The number of nitrogens with one attached hydrogen (secondary N) is 1. The maximum absolute atomic E-state index is 13.4. The minimum absolute atomic E-state index is 0.0478. The summed E-state index contributed by atoms with van der Waals surface area (Å²) in [6, 6.07) is 11.1. The van der Waals surface area contributed by atoms with Gasteiger partial charge in [0, 0.05) is 24.8 Å². The molecule has 0 radical (unpaired) electrons. The lowest BCUT2D eigenvalue weighted by Gasteiger charge is -2.41. The van der Waals surface area contributed by atoms with E-state index in [2.05, 4.69) is 4.72 Å². The van der Waals surface area contributed by atoms with Crippen LogP contribution < -0.4 is 19.1 Å². The van der Waals surface area contributed by atoms with Gasteiger partial charge in [0.25, 0.3) is 0 Å². The molecule has 33 heavy (non-hydrogen) atoms. The summed E-state index contributed by atoms with van der Waals surface area (Å²) in [6.07, 6.45) is 2.14. The predicted molar refractivity (Wildman–Crippen MR) is 123 cm³/mol. The topological polar surface area (TPSA) is 102 Å². The Morgan fingerprint density at radius 2 is 1.76 bits per heavy atom. The maximum Gasteiger partial charge on any atom is 0.241 e. The number of carbonyl (C=O) groups is 2. The summed E-state index contributed by atoms with van der Waals surface area (Å²) < 4.78 is 41.3. The first-order valence-corrected chi connectivity index (χ1v) is 12.6. The molecule has 0 aromatic heterocycles. The van der Waals surface area contributed by atoms with E-state index < -0.39 is 21.7 Å². The van der Waals surface area contributed by atoms with Crippen molar-refractivity contribution >= 4 is 27.5 Å². The van der Waals surface area contributed by atoms with Crippen molar-refractivity contribution in [1.82, 2.24) is 4.72 Å². The summed E-state index contributed by atoms with van der Waals surface area (Å²) in [5, 5.41) is 0. The molecule has 0 saturated carbocycles. The van der Waals surface area contributed by atoms with Gasteiger partial charge in [0.15, 0.2) is 0 Å². The molecule has 2 aliphatic heterocycles. The molecule has 8 nitrogen and oxygen atoms in total. The SMILES string of the molecule is CCC1(CC)C[C@H](NS(=O)(=O)c2ccc(OC)c(N3C(=O)CCC3=O)c2)c2ccccc2O1. The fraction of sp³-hybridized carbons (Fsp3) is 0.417. The van der Waals surface area contributed by atoms with Crippen LogP contribution in [0.1, 0.15) is 57.6 Å². The van der Waals surface area contributed by atoms with Gasteiger partial charge in [-0.1, -0.05) is 32.0 Å². The fourth-order valence-corrected chi connectivity index (χ4v) is 5.75. The van der Waals surface area contributed by atoms with Gasteiger partial charge in [-0.25, -0.2) is 18.0 Å². The average molecular weight is 473 g/mol. The first-order valence-electron chi connectivity index (χ1n) is 11.1. The molecule has 2 heterocycles. The molecular weight excluding hydrogens is 444 g/mol. The number of ether oxygens (including phenoxy) is 2. The minimum Gasteiger partial charge on any atom is -0.495 e. The Bertz CT molecular complexity index is 1170. The number of amides is 2. The van der Waals surface area contributed by atoms with Crippen LogP contribution in [0.25, 0.3) is 0 Å². The van der Waals surface area contributed by atoms with Gasteiger partial charge in [0.2, 0.25) is 21.8 Å². The molecule has 0 spiro atoms. The Morgan fingerprint density at radius 1 is 1.09 bits per heavy atom. The molecule has 4 rings (SSSR count). The number of rotatable bonds is 7. The summed E-state index contributed by atoms with van der Waals surface area (Å²) in [5.41, 5.74) is 0.440. The average Bonchev–Trinajstić information content (AvgIpc) is 3.15. The highest BCUT2D eigenvalue weighted by Gasteiger charge is 2.40. The van der Waals surface area contributed by atoms with E-state index in [-0.39, 0.29) is 41.0 Å². The van der Waals surface area contributed by atoms with Gasteiger partial charge in [-0.2, -0.15) is 0 Å². The molecule has 176 valence electrons. The zero-order valence-electron chi connectivity index (χ0n) is 19.0. The van der Waals surface area contributed by atoms with Crippen LogP contribution in [0.3, 0.4) is 0 Å². The van der Waals surface area contributed by atoms with Crippen molar-refractivity contribution in [2.24, 2.45) is 0 Å². The van der Waals surface area contributed by atoms with E-state index in [9.17, 15) is 18.0 Å². The van der Waals surface area contributed by atoms with Crippen LogP contribution in [0.5, 0.6) is 11.5 Å². The van der Waals surface area contributed by atoms with Crippen molar-refractivity contribution in [2.45, 2.75) is 62.5 Å². The quantitative estimate of drug-likeness (QED) is 0.617. The van der Waals surface area contributed by atoms with E-state index in [0.29, 0.717) is 12.2 Å². The molecule has 1 atom stereocenters. The van der Waals surface area contributed by atoms with Crippen LogP contribution in [0, 0.1) is 0 Å². The molecule has 2 aromatic rings. The van der Waals surface area contributed by atoms with Crippen molar-refractivity contribution in [3.63, 3.8) is 0 Å². The molecule has 1 fully saturated rings. The summed E-state index contributed by atoms with van der Waals surface area (Å²) in [6.45, 7) is 4.06. The third kappa shape index (κ3) is 4.22. The predicted octanol–water partition coefficient (Wildman–Crippen LogP) is 3.71. The van der Waals surface area contributed by atoms with Crippen molar-refractivity contribution in [1.29, 1.82) is 0 Å². The number of benzene rings is 2. The Hall–Kier alpha value is -2.91. The fourth-order valence-electron chi connectivity index (χ4n) is 4.52. The first-order chi connectivity index (χ1) is 15.7. The standard InChI is InChI=1S/C24H28N2O6S/c1-4-24(5-2)15-18(17-8-6-7-9-20(17)32-24)25-33(29,30)16-10-11-21(31-3)19(14-16)26-22(27)12-13-23(26)28/h6-11,14,18,25H,4-5,12-13,15H2,1-3H3/t18-/m0/s1. The number of para-hydroxylation sites is 1. The third-order valence-electron chi connectivity index (χ3n) is 6.54. The van der Waals surface area contributed by atoms with E-state index in [1.54, 1.807) is 0 Å². The molecule has 2 aromatic carbocycles. The van der Waals surface area contributed by atoms with Gasteiger partial charge >= 0.3 is 0 Å². The number of hydrogen-bond acceptors (Lipinski definition) is 6. The number of fused-ring (bicyclic) bond motifs is 1. The molecule has 1 saturated heterocycles. The summed E-state index contributed by atoms with van der Waals surface area (Å²) in [4.78, 5) is 25.5. The highest BCUT2D eigenvalue weighted by atomic mass is 32.2. The van der Waals surface area contributed by atoms with E-state index >= 15 is 0 Å². The maximum atomic E-state index is 13.4. The summed E-state index contributed by atoms with van der Waals surface area (Å²) >= 11 is 0. The van der Waals surface area contributed by atoms with Gasteiger partial charge < -0.3 is 9.47 Å². The molecule has 0 unspecified atom stereocenters. The van der Waals surface area contributed by atoms with E-state index in [1.165, 1.54) is 25.3 Å². The van der Waals surface area contributed by atoms with E-state index in [1.807, 2.05) is 38.1 Å². The van der Waals surface area contributed by atoms with E-state index in [0.717, 1.165) is 23.3 Å². The normalized spacial score (nSPS) is 19.8. The van der Waals surface area contributed by atoms with Gasteiger partial charge in [-0.3, -0.25) is 9.59 Å². The smallest absolute Gasteiger partial charge is 0.241 e. The van der Waals surface area contributed by atoms with Crippen molar-refractivity contribution in [3.8, 4) is 11.5 Å². The summed E-state index contributed by atoms with van der Waals surface area (Å²) in [5.74, 6) is 0.165. The van der Waals surface area contributed by atoms with Gasteiger partial charge in [0.1, 0.15) is 17.1 Å². The first kappa shape index (κ1) is 23.3. The highest BCUT2D eigenvalue weighted by Crippen LogP contribution is 2.43. The molecule has 0 bridgehead atoms. The molecule has 0 aliphatic carbocycles. The van der Waals surface area contributed by atoms with Crippen LogP contribution in [0.15, 0.2) is 47.4 Å². The summed E-state index contributed by atoms with van der Waals surface area (Å²) in [7, 11) is -2.58. The monoisotopic (exact) mass is 472 g/mol. The Kier molecular flexibility index (Phi) is 6.20. The number of nitrogens with zero attached hydrogens (tertiary/aromatic N) is 1. The van der Waals surface area contributed by atoms with Gasteiger partial charge in [-0.15, -0.1) is 0 Å². The molecule has 9 heteroatoms. The number of carbonyl (C=O) groups excluding carboxylic acids is 2. The lowest BCUT2D eigenvalue weighted by molar-refractivity contribution is -0.121. The number of imide groups is 1. The zero-order valence-corrected chi connectivity index (χ0v) is 19.8. The number of methoxy groups -OCH3 is 1. The van der Waals surface area contributed by atoms with Crippen LogP contribution >= 0.6 is 0 Å². The second-order valence-corrected chi connectivity index (χ2v) is 10.1. The van der Waals surface area contributed by atoms with Crippen molar-refractivity contribution in [3.05, 3.63) is 48.0 Å². The third-order valence-corrected chi connectivity index (χ3v) is 8.01. The second kappa shape index (κ2) is 8.79. The highest BCUT2D eigenvalue weighted by molar-refractivity contribution is 7.89. The number of hydrogen-bond donors (Lipinski definition) is 1. The Labute approximate surface area is 193 Å². The van der Waals surface area contributed by atoms with Crippen molar-refractivity contribution in [2.75, 3.05) is 12.0 Å². The lowest BCUT2D eigenvalue weighted by atomic mass is 9.84.